The normalized spacial score (nSPS) is 11.7. The molecule has 2 aromatic heterocycles. The van der Waals surface area contributed by atoms with E-state index in [0.717, 1.165) is 32.8 Å². The zero-order chi connectivity index (χ0) is 19.9. The van der Waals surface area contributed by atoms with Gasteiger partial charge in [-0.1, -0.05) is 57.2 Å². The van der Waals surface area contributed by atoms with Crippen LogP contribution in [0.25, 0.3) is 15.9 Å². The number of benzene rings is 2. The van der Waals surface area contributed by atoms with Crippen molar-refractivity contribution in [3.8, 4) is 5.69 Å². The predicted octanol–water partition coefficient (Wildman–Crippen LogP) is 5.95. The second-order valence-electron chi connectivity index (χ2n) is 7.91. The minimum absolute atomic E-state index is 0.0472. The average molecular weight is 390 g/mol. The number of aromatic nitrogens is 2. The topological polar surface area (TPSA) is 46.9 Å². The summed E-state index contributed by atoms with van der Waals surface area (Å²) in [6.07, 6.45) is 0. The Balaban J connectivity index is 1.70. The molecule has 0 unspecified atom stereocenters. The third-order valence-corrected chi connectivity index (χ3v) is 5.86. The third kappa shape index (κ3) is 3.34. The smallest absolute Gasteiger partial charge is 0.265 e. The molecule has 0 aliphatic carbocycles. The maximum Gasteiger partial charge on any atom is 0.265 e. The van der Waals surface area contributed by atoms with Gasteiger partial charge in [0, 0.05) is 11.1 Å². The van der Waals surface area contributed by atoms with E-state index in [1.54, 1.807) is 0 Å². The summed E-state index contributed by atoms with van der Waals surface area (Å²) >= 11 is 1.47. The fourth-order valence-electron chi connectivity index (χ4n) is 3.33. The standard InChI is InChI=1S/C23H23N3OS/c1-15-17-14-20(28-22(17)26(25-15)16-10-6-5-7-11-16)21(27)24-19-13-9-8-12-18(19)23(2,3)4/h5-14H,1-4H3,(H,24,27). The highest BCUT2D eigenvalue weighted by Gasteiger charge is 2.21. The van der Waals surface area contributed by atoms with Crippen molar-refractivity contribution in [3.05, 3.63) is 76.8 Å². The van der Waals surface area contributed by atoms with Crippen LogP contribution in [0.2, 0.25) is 0 Å². The molecule has 142 valence electrons. The Hall–Kier alpha value is -2.92. The van der Waals surface area contributed by atoms with Crippen LogP contribution in [0.1, 0.15) is 41.7 Å². The predicted molar refractivity (Wildman–Crippen MR) is 117 cm³/mol. The first-order valence-electron chi connectivity index (χ1n) is 9.30. The minimum atomic E-state index is -0.0862. The van der Waals surface area contributed by atoms with E-state index < -0.39 is 0 Å². The first-order valence-corrected chi connectivity index (χ1v) is 10.1. The van der Waals surface area contributed by atoms with Gasteiger partial charge in [-0.05, 0) is 42.2 Å². The van der Waals surface area contributed by atoms with Crippen molar-refractivity contribution in [2.75, 3.05) is 5.32 Å². The molecule has 0 fully saturated rings. The van der Waals surface area contributed by atoms with E-state index in [9.17, 15) is 4.79 Å². The molecule has 5 heteroatoms. The summed E-state index contributed by atoms with van der Waals surface area (Å²) in [5, 5.41) is 8.77. The molecule has 4 rings (SSSR count). The maximum atomic E-state index is 13.0. The van der Waals surface area contributed by atoms with Crippen LogP contribution in [0.4, 0.5) is 5.69 Å². The van der Waals surface area contributed by atoms with E-state index >= 15 is 0 Å². The molecule has 0 saturated carbocycles. The summed E-state index contributed by atoms with van der Waals surface area (Å²) in [6, 6.07) is 19.9. The largest absolute Gasteiger partial charge is 0.321 e. The van der Waals surface area contributed by atoms with E-state index in [1.807, 2.05) is 66.2 Å². The molecule has 0 aliphatic rings. The van der Waals surface area contributed by atoms with Crippen molar-refractivity contribution in [1.29, 1.82) is 0 Å². The van der Waals surface area contributed by atoms with Gasteiger partial charge < -0.3 is 5.32 Å². The summed E-state index contributed by atoms with van der Waals surface area (Å²) in [7, 11) is 0. The highest BCUT2D eigenvalue weighted by atomic mass is 32.1. The SMILES string of the molecule is Cc1nn(-c2ccccc2)c2sc(C(=O)Nc3ccccc3C(C)(C)C)cc12. The number of nitrogens with one attached hydrogen (secondary N) is 1. The number of carbonyl (C=O) groups excluding carboxylic acids is 1. The Bertz CT molecular complexity index is 1150. The van der Waals surface area contributed by atoms with Crippen LogP contribution >= 0.6 is 11.3 Å². The molecule has 0 spiro atoms. The van der Waals surface area contributed by atoms with Crippen molar-refractivity contribution in [2.24, 2.45) is 0 Å². The Labute approximate surface area is 168 Å². The van der Waals surface area contributed by atoms with Crippen LogP contribution in [0, 0.1) is 6.92 Å². The zero-order valence-corrected chi connectivity index (χ0v) is 17.3. The van der Waals surface area contributed by atoms with E-state index in [1.165, 1.54) is 11.3 Å². The number of thiophene rings is 1. The average Bonchev–Trinajstić information content (AvgIpc) is 3.23. The van der Waals surface area contributed by atoms with E-state index in [-0.39, 0.29) is 11.3 Å². The number of rotatable bonds is 3. The van der Waals surface area contributed by atoms with E-state index in [0.29, 0.717) is 4.88 Å². The molecule has 1 N–H and O–H groups in total. The first kappa shape index (κ1) is 18.4. The van der Waals surface area contributed by atoms with Gasteiger partial charge in [0.15, 0.2) is 0 Å². The van der Waals surface area contributed by atoms with Gasteiger partial charge in [-0.25, -0.2) is 4.68 Å². The number of carbonyl (C=O) groups is 1. The van der Waals surface area contributed by atoms with Crippen molar-refractivity contribution in [3.63, 3.8) is 0 Å². The van der Waals surface area contributed by atoms with Crippen LogP contribution in [0.15, 0.2) is 60.7 Å². The number of nitrogens with zero attached hydrogens (tertiary/aromatic N) is 2. The van der Waals surface area contributed by atoms with Gasteiger partial charge in [0.2, 0.25) is 0 Å². The summed E-state index contributed by atoms with van der Waals surface area (Å²) in [6.45, 7) is 8.42. The summed E-state index contributed by atoms with van der Waals surface area (Å²) in [5.74, 6) is -0.0862. The summed E-state index contributed by atoms with van der Waals surface area (Å²) in [4.78, 5) is 14.7. The quantitative estimate of drug-likeness (QED) is 0.471. The molecule has 0 bridgehead atoms. The molecular weight excluding hydrogens is 366 g/mol. The molecule has 28 heavy (non-hydrogen) atoms. The lowest BCUT2D eigenvalue weighted by molar-refractivity contribution is 0.103. The second-order valence-corrected chi connectivity index (χ2v) is 8.94. The van der Waals surface area contributed by atoms with Crippen LogP contribution in [0.5, 0.6) is 0 Å². The lowest BCUT2D eigenvalue weighted by atomic mass is 9.86. The van der Waals surface area contributed by atoms with Crippen LogP contribution in [-0.2, 0) is 5.41 Å². The number of fused-ring (bicyclic) bond motifs is 1. The molecule has 2 heterocycles. The number of para-hydroxylation sites is 2. The number of aryl methyl sites for hydroxylation is 1. The Morgan fingerprint density at radius 2 is 1.71 bits per heavy atom. The van der Waals surface area contributed by atoms with Gasteiger partial charge in [-0.2, -0.15) is 5.10 Å². The molecular formula is C23H23N3OS. The molecule has 1 amide bonds. The van der Waals surface area contributed by atoms with E-state index in [4.69, 9.17) is 0 Å². The fraction of sp³-hybridized carbons (Fsp3) is 0.217. The number of hydrogen-bond donors (Lipinski definition) is 1. The van der Waals surface area contributed by atoms with Crippen molar-refractivity contribution >= 4 is 33.1 Å². The third-order valence-electron chi connectivity index (χ3n) is 4.75. The van der Waals surface area contributed by atoms with Gasteiger partial charge in [0.1, 0.15) is 4.83 Å². The molecule has 0 radical (unpaired) electrons. The van der Waals surface area contributed by atoms with Crippen molar-refractivity contribution < 1.29 is 4.79 Å². The minimum Gasteiger partial charge on any atom is -0.321 e. The van der Waals surface area contributed by atoms with Gasteiger partial charge in [-0.3, -0.25) is 4.79 Å². The zero-order valence-electron chi connectivity index (χ0n) is 16.5. The van der Waals surface area contributed by atoms with Gasteiger partial charge in [0.25, 0.3) is 5.91 Å². The lowest BCUT2D eigenvalue weighted by Gasteiger charge is -2.22. The number of anilines is 1. The Morgan fingerprint density at radius 3 is 2.43 bits per heavy atom. The lowest BCUT2D eigenvalue weighted by Crippen LogP contribution is -2.18. The van der Waals surface area contributed by atoms with Crippen LogP contribution < -0.4 is 5.32 Å². The number of hydrogen-bond acceptors (Lipinski definition) is 3. The molecule has 4 aromatic rings. The molecule has 0 atom stereocenters. The summed E-state index contributed by atoms with van der Waals surface area (Å²) < 4.78 is 1.91. The Kier molecular flexibility index (Phi) is 4.55. The van der Waals surface area contributed by atoms with Gasteiger partial charge >= 0.3 is 0 Å². The van der Waals surface area contributed by atoms with Crippen molar-refractivity contribution in [2.45, 2.75) is 33.1 Å². The van der Waals surface area contributed by atoms with E-state index in [2.05, 4.69) is 37.3 Å². The molecule has 0 saturated heterocycles. The first-order chi connectivity index (χ1) is 13.3. The Morgan fingerprint density at radius 1 is 1.04 bits per heavy atom. The monoisotopic (exact) mass is 389 g/mol. The fourth-order valence-corrected chi connectivity index (χ4v) is 4.41. The molecule has 2 aromatic carbocycles. The molecule has 0 aliphatic heterocycles. The van der Waals surface area contributed by atoms with Crippen LogP contribution in [0.3, 0.4) is 0 Å². The van der Waals surface area contributed by atoms with Gasteiger partial charge in [0.05, 0.1) is 16.3 Å². The molecule has 4 nitrogen and oxygen atoms in total. The summed E-state index contributed by atoms with van der Waals surface area (Å²) in [5.41, 5.74) is 3.85. The highest BCUT2D eigenvalue weighted by molar-refractivity contribution is 7.20. The van der Waals surface area contributed by atoms with Crippen LogP contribution in [-0.4, -0.2) is 15.7 Å². The second kappa shape index (κ2) is 6.91. The maximum absolute atomic E-state index is 13.0. The van der Waals surface area contributed by atoms with Gasteiger partial charge in [-0.15, -0.1) is 11.3 Å². The van der Waals surface area contributed by atoms with Crippen molar-refractivity contribution in [1.82, 2.24) is 9.78 Å². The number of amides is 1. The highest BCUT2D eigenvalue weighted by Crippen LogP contribution is 2.33.